The summed E-state index contributed by atoms with van der Waals surface area (Å²) in [7, 11) is 0. The first-order valence-electron chi connectivity index (χ1n) is 3.99. The van der Waals surface area contributed by atoms with Gasteiger partial charge in [0, 0.05) is 6.42 Å². The Hall–Kier alpha value is -0.870. The topological polar surface area (TPSA) is 64.4 Å². The van der Waals surface area contributed by atoms with Gasteiger partial charge in [0.1, 0.15) is 5.84 Å². The van der Waals surface area contributed by atoms with E-state index in [0.29, 0.717) is 12.8 Å². The standard InChI is InChI=1S/C7H13F2N3/c8-7(9)4-2-1-3-5(7)6(10)12-11/h5H,1-4,11H2,(H2,10,12). The van der Waals surface area contributed by atoms with Gasteiger partial charge in [-0.05, 0) is 12.8 Å². The van der Waals surface area contributed by atoms with Gasteiger partial charge >= 0.3 is 0 Å². The van der Waals surface area contributed by atoms with Crippen molar-refractivity contribution in [2.45, 2.75) is 31.6 Å². The molecule has 0 aromatic heterocycles. The molecular weight excluding hydrogens is 164 g/mol. The number of alkyl halides is 2. The van der Waals surface area contributed by atoms with Gasteiger partial charge in [-0.2, -0.15) is 5.10 Å². The number of hydrazone groups is 1. The second-order valence-electron chi connectivity index (χ2n) is 3.11. The van der Waals surface area contributed by atoms with Crippen molar-refractivity contribution in [1.82, 2.24) is 0 Å². The molecule has 0 bridgehead atoms. The zero-order valence-electron chi connectivity index (χ0n) is 6.76. The monoisotopic (exact) mass is 177 g/mol. The molecule has 1 rings (SSSR count). The molecule has 1 fully saturated rings. The highest BCUT2D eigenvalue weighted by Gasteiger charge is 2.43. The Balaban J connectivity index is 2.73. The Kier molecular flexibility index (Phi) is 2.49. The highest BCUT2D eigenvalue weighted by atomic mass is 19.3. The molecule has 0 aromatic rings. The van der Waals surface area contributed by atoms with E-state index in [1.54, 1.807) is 0 Å². The highest BCUT2D eigenvalue weighted by Crippen LogP contribution is 2.38. The lowest BCUT2D eigenvalue weighted by Gasteiger charge is -2.30. The molecule has 0 heterocycles. The summed E-state index contributed by atoms with van der Waals surface area (Å²) in [6.07, 6.45) is 1.62. The van der Waals surface area contributed by atoms with Crippen LogP contribution in [0.4, 0.5) is 8.78 Å². The maximum Gasteiger partial charge on any atom is 0.257 e. The summed E-state index contributed by atoms with van der Waals surface area (Å²) in [4.78, 5) is 0. The van der Waals surface area contributed by atoms with Crippen LogP contribution in [0.5, 0.6) is 0 Å². The van der Waals surface area contributed by atoms with Crippen LogP contribution in [0.15, 0.2) is 5.10 Å². The Labute approximate surface area is 69.8 Å². The van der Waals surface area contributed by atoms with Crippen LogP contribution in [0.1, 0.15) is 25.7 Å². The van der Waals surface area contributed by atoms with E-state index in [1.807, 2.05) is 0 Å². The number of hydrogen-bond donors (Lipinski definition) is 2. The van der Waals surface area contributed by atoms with Gasteiger partial charge in [0.05, 0.1) is 5.92 Å². The van der Waals surface area contributed by atoms with E-state index >= 15 is 0 Å². The molecule has 0 saturated heterocycles. The van der Waals surface area contributed by atoms with Crippen molar-refractivity contribution in [3.63, 3.8) is 0 Å². The molecule has 0 aromatic carbocycles. The predicted octanol–water partition coefficient (Wildman–Crippen LogP) is 1.04. The van der Waals surface area contributed by atoms with Crippen molar-refractivity contribution < 1.29 is 8.78 Å². The number of amidine groups is 1. The molecule has 12 heavy (non-hydrogen) atoms. The fraction of sp³-hybridized carbons (Fsp3) is 0.857. The summed E-state index contributed by atoms with van der Waals surface area (Å²) in [5, 5.41) is 3.12. The van der Waals surface area contributed by atoms with Crippen molar-refractivity contribution in [2.24, 2.45) is 22.6 Å². The summed E-state index contributed by atoms with van der Waals surface area (Å²) in [5.41, 5.74) is 5.27. The van der Waals surface area contributed by atoms with Gasteiger partial charge in [-0.25, -0.2) is 8.78 Å². The van der Waals surface area contributed by atoms with Crippen LogP contribution in [0.2, 0.25) is 0 Å². The van der Waals surface area contributed by atoms with E-state index in [1.165, 1.54) is 0 Å². The van der Waals surface area contributed by atoms with Crippen LogP contribution in [0.25, 0.3) is 0 Å². The first-order chi connectivity index (χ1) is 5.58. The summed E-state index contributed by atoms with van der Waals surface area (Å²) >= 11 is 0. The molecule has 0 radical (unpaired) electrons. The number of hydrogen-bond acceptors (Lipinski definition) is 2. The minimum Gasteiger partial charge on any atom is -0.385 e. The number of nitrogens with zero attached hydrogens (tertiary/aromatic N) is 1. The third-order valence-corrected chi connectivity index (χ3v) is 2.27. The van der Waals surface area contributed by atoms with Gasteiger partial charge in [-0.15, -0.1) is 0 Å². The molecular formula is C7H13F2N3. The lowest BCUT2D eigenvalue weighted by molar-refractivity contribution is -0.0605. The minimum absolute atomic E-state index is 0.103. The normalized spacial score (nSPS) is 30.2. The van der Waals surface area contributed by atoms with Crippen molar-refractivity contribution >= 4 is 5.84 Å². The lowest BCUT2D eigenvalue weighted by atomic mass is 9.85. The summed E-state index contributed by atoms with van der Waals surface area (Å²) in [6.45, 7) is 0. The molecule has 1 unspecified atom stereocenters. The third-order valence-electron chi connectivity index (χ3n) is 2.27. The van der Waals surface area contributed by atoms with Crippen LogP contribution in [0, 0.1) is 5.92 Å². The Morgan fingerprint density at radius 2 is 2.08 bits per heavy atom. The van der Waals surface area contributed by atoms with Crippen molar-refractivity contribution in [3.05, 3.63) is 0 Å². The van der Waals surface area contributed by atoms with Crippen LogP contribution in [0.3, 0.4) is 0 Å². The number of rotatable bonds is 1. The summed E-state index contributed by atoms with van der Waals surface area (Å²) in [5.74, 6) is 1.06. The zero-order chi connectivity index (χ0) is 9.19. The maximum atomic E-state index is 13.1. The predicted molar refractivity (Wildman–Crippen MR) is 42.7 cm³/mol. The van der Waals surface area contributed by atoms with Gasteiger partial charge in [-0.1, -0.05) is 6.42 Å². The van der Waals surface area contributed by atoms with E-state index in [-0.39, 0.29) is 12.3 Å². The highest BCUT2D eigenvalue weighted by molar-refractivity contribution is 5.83. The number of halogens is 2. The van der Waals surface area contributed by atoms with Crippen LogP contribution < -0.4 is 11.6 Å². The second-order valence-corrected chi connectivity index (χ2v) is 3.11. The quantitative estimate of drug-likeness (QED) is 0.272. The van der Waals surface area contributed by atoms with Crippen molar-refractivity contribution in [2.75, 3.05) is 0 Å². The molecule has 0 spiro atoms. The zero-order valence-corrected chi connectivity index (χ0v) is 6.76. The largest absolute Gasteiger partial charge is 0.385 e. The van der Waals surface area contributed by atoms with Gasteiger partial charge in [0.15, 0.2) is 0 Å². The smallest absolute Gasteiger partial charge is 0.257 e. The molecule has 0 amide bonds. The van der Waals surface area contributed by atoms with Crippen LogP contribution in [-0.4, -0.2) is 11.8 Å². The Morgan fingerprint density at radius 1 is 1.42 bits per heavy atom. The van der Waals surface area contributed by atoms with Gasteiger partial charge in [0.2, 0.25) is 0 Å². The average Bonchev–Trinajstić information content (AvgIpc) is 2.02. The van der Waals surface area contributed by atoms with E-state index in [0.717, 1.165) is 6.42 Å². The summed E-state index contributed by atoms with van der Waals surface area (Å²) < 4.78 is 26.2. The summed E-state index contributed by atoms with van der Waals surface area (Å²) in [6, 6.07) is 0. The molecule has 4 N–H and O–H groups in total. The minimum atomic E-state index is -2.72. The molecule has 0 aliphatic heterocycles. The van der Waals surface area contributed by atoms with Crippen molar-refractivity contribution in [1.29, 1.82) is 0 Å². The van der Waals surface area contributed by atoms with E-state index in [2.05, 4.69) is 5.10 Å². The van der Waals surface area contributed by atoms with Crippen LogP contribution >= 0.6 is 0 Å². The van der Waals surface area contributed by atoms with Crippen LogP contribution in [-0.2, 0) is 0 Å². The molecule has 1 atom stereocenters. The third kappa shape index (κ3) is 1.65. The molecule has 1 saturated carbocycles. The molecule has 3 nitrogen and oxygen atoms in total. The Morgan fingerprint density at radius 3 is 2.58 bits per heavy atom. The average molecular weight is 177 g/mol. The number of nitrogens with two attached hydrogens (primary N) is 2. The second kappa shape index (κ2) is 3.25. The SMILES string of the molecule is N/N=C(\N)C1CCCCC1(F)F. The van der Waals surface area contributed by atoms with E-state index in [4.69, 9.17) is 11.6 Å². The first-order valence-corrected chi connectivity index (χ1v) is 3.99. The molecule has 5 heteroatoms. The van der Waals surface area contributed by atoms with Gasteiger partial charge in [-0.3, -0.25) is 0 Å². The van der Waals surface area contributed by atoms with Gasteiger partial charge in [0.25, 0.3) is 5.92 Å². The van der Waals surface area contributed by atoms with Gasteiger partial charge < -0.3 is 11.6 Å². The maximum absolute atomic E-state index is 13.1. The fourth-order valence-electron chi connectivity index (χ4n) is 1.55. The Bertz CT molecular complexity index is 191. The molecule has 70 valence electrons. The van der Waals surface area contributed by atoms with Crippen molar-refractivity contribution in [3.8, 4) is 0 Å². The first kappa shape index (κ1) is 9.22. The molecule has 1 aliphatic rings. The fourth-order valence-corrected chi connectivity index (χ4v) is 1.55. The molecule has 1 aliphatic carbocycles. The van der Waals surface area contributed by atoms with E-state index in [9.17, 15) is 8.78 Å². The van der Waals surface area contributed by atoms with E-state index < -0.39 is 11.8 Å². The lowest BCUT2D eigenvalue weighted by Crippen LogP contribution is -2.41.